The highest BCUT2D eigenvalue weighted by Gasteiger charge is 2.34. The highest BCUT2D eigenvalue weighted by atomic mass is 35.5. The molecule has 0 radical (unpaired) electrons. The molecule has 0 aromatic carbocycles. The van der Waals surface area contributed by atoms with E-state index >= 15 is 0 Å². The monoisotopic (exact) mass is 234 g/mol. The molecule has 1 heterocycles. The van der Waals surface area contributed by atoms with E-state index < -0.39 is 0 Å². The second kappa shape index (κ2) is 4.10. The first-order valence-electron chi connectivity index (χ1n) is 4.07. The standard InChI is InChI=1S/C7H10N4OS.ClH/c1-3-2-4(3)9-7(12)5-6(8)13-11-10-5;/h3-4H,2,8H2,1H3,(H,9,12);1H. The van der Waals surface area contributed by atoms with Crippen LogP contribution >= 0.6 is 23.9 Å². The van der Waals surface area contributed by atoms with E-state index in [1.165, 1.54) is 0 Å². The van der Waals surface area contributed by atoms with E-state index in [0.29, 0.717) is 17.0 Å². The lowest BCUT2D eigenvalue weighted by molar-refractivity contribution is 0.0945. The van der Waals surface area contributed by atoms with Crippen molar-refractivity contribution >= 4 is 34.8 Å². The molecular formula is C7H11ClN4OS. The van der Waals surface area contributed by atoms with Gasteiger partial charge in [-0.3, -0.25) is 4.79 Å². The summed E-state index contributed by atoms with van der Waals surface area (Å²) in [6.07, 6.45) is 1.04. The van der Waals surface area contributed by atoms with Gasteiger partial charge >= 0.3 is 0 Å². The molecule has 2 rings (SSSR count). The Hall–Kier alpha value is -0.880. The molecular weight excluding hydrogens is 224 g/mol. The molecule has 1 fully saturated rings. The van der Waals surface area contributed by atoms with Crippen LogP contribution < -0.4 is 11.1 Å². The summed E-state index contributed by atoms with van der Waals surface area (Å²) < 4.78 is 3.60. The smallest absolute Gasteiger partial charge is 0.275 e. The number of nitrogens with one attached hydrogen (secondary N) is 1. The molecule has 78 valence electrons. The summed E-state index contributed by atoms with van der Waals surface area (Å²) in [5, 5.41) is 6.87. The van der Waals surface area contributed by atoms with Crippen molar-refractivity contribution in [1.82, 2.24) is 14.9 Å². The van der Waals surface area contributed by atoms with E-state index in [9.17, 15) is 4.79 Å². The van der Waals surface area contributed by atoms with Crippen LogP contribution in [0.3, 0.4) is 0 Å². The van der Waals surface area contributed by atoms with Gasteiger partial charge in [0.25, 0.3) is 5.91 Å². The molecule has 1 aliphatic carbocycles. The highest BCUT2D eigenvalue weighted by molar-refractivity contribution is 7.10. The number of nitrogens with two attached hydrogens (primary N) is 1. The molecule has 0 spiro atoms. The number of rotatable bonds is 2. The summed E-state index contributed by atoms with van der Waals surface area (Å²) in [7, 11) is 0. The van der Waals surface area contributed by atoms with Crippen LogP contribution in [-0.4, -0.2) is 21.5 Å². The molecule has 7 heteroatoms. The zero-order valence-electron chi connectivity index (χ0n) is 7.56. The van der Waals surface area contributed by atoms with Crippen molar-refractivity contribution in [3.63, 3.8) is 0 Å². The van der Waals surface area contributed by atoms with Crippen LogP contribution in [0.5, 0.6) is 0 Å². The number of nitrogens with zero attached hydrogens (tertiary/aromatic N) is 2. The summed E-state index contributed by atoms with van der Waals surface area (Å²) in [5.74, 6) is 0.373. The van der Waals surface area contributed by atoms with Crippen molar-refractivity contribution in [3.05, 3.63) is 5.69 Å². The van der Waals surface area contributed by atoms with Crippen molar-refractivity contribution in [2.75, 3.05) is 5.73 Å². The average molecular weight is 235 g/mol. The van der Waals surface area contributed by atoms with Gasteiger partial charge in [-0.05, 0) is 12.3 Å². The minimum absolute atomic E-state index is 0. The van der Waals surface area contributed by atoms with Gasteiger partial charge in [0.1, 0.15) is 5.00 Å². The lowest BCUT2D eigenvalue weighted by atomic mass is 10.4. The Morgan fingerprint density at radius 3 is 2.79 bits per heavy atom. The zero-order valence-corrected chi connectivity index (χ0v) is 9.19. The molecule has 2 unspecified atom stereocenters. The van der Waals surface area contributed by atoms with E-state index in [2.05, 4.69) is 21.8 Å². The van der Waals surface area contributed by atoms with E-state index in [0.717, 1.165) is 18.0 Å². The SMILES string of the molecule is CC1CC1NC(=O)c1nnsc1N.Cl. The predicted octanol–water partition coefficient (Wildman–Crippen LogP) is 0.680. The second-order valence-corrected chi connectivity index (χ2v) is 4.06. The van der Waals surface area contributed by atoms with Crippen molar-refractivity contribution < 1.29 is 4.79 Å². The third-order valence-corrected chi connectivity index (χ3v) is 2.71. The Morgan fingerprint density at radius 2 is 2.36 bits per heavy atom. The number of halogens is 1. The maximum Gasteiger partial charge on any atom is 0.275 e. The van der Waals surface area contributed by atoms with Crippen LogP contribution in [-0.2, 0) is 0 Å². The molecule has 1 amide bonds. The average Bonchev–Trinajstić information content (AvgIpc) is 2.62. The van der Waals surface area contributed by atoms with Crippen LogP contribution in [0.25, 0.3) is 0 Å². The first-order chi connectivity index (χ1) is 6.18. The lowest BCUT2D eigenvalue weighted by Crippen LogP contribution is -2.27. The maximum absolute atomic E-state index is 11.4. The largest absolute Gasteiger partial charge is 0.387 e. The predicted molar refractivity (Wildman–Crippen MR) is 56.6 cm³/mol. The molecule has 1 aromatic heterocycles. The number of hydrogen-bond donors (Lipinski definition) is 2. The Balaban J connectivity index is 0.000000980. The Kier molecular flexibility index (Phi) is 3.28. The summed E-state index contributed by atoms with van der Waals surface area (Å²) in [6, 6.07) is 0.300. The number of anilines is 1. The van der Waals surface area contributed by atoms with Crippen LogP contribution in [0.1, 0.15) is 23.8 Å². The third-order valence-electron chi connectivity index (χ3n) is 2.15. The fourth-order valence-corrected chi connectivity index (χ4v) is 1.55. The summed E-state index contributed by atoms with van der Waals surface area (Å²) in [6.45, 7) is 2.09. The van der Waals surface area contributed by atoms with Gasteiger partial charge in [-0.25, -0.2) is 0 Å². The minimum atomic E-state index is -0.208. The van der Waals surface area contributed by atoms with Crippen molar-refractivity contribution in [3.8, 4) is 0 Å². The van der Waals surface area contributed by atoms with Gasteiger partial charge in [0, 0.05) is 17.6 Å². The normalized spacial score (nSPS) is 23.8. The van der Waals surface area contributed by atoms with E-state index in [-0.39, 0.29) is 24.0 Å². The summed E-state index contributed by atoms with van der Waals surface area (Å²) >= 11 is 1.04. The zero-order chi connectivity index (χ0) is 9.42. The molecule has 1 aliphatic rings. The number of aromatic nitrogens is 2. The summed E-state index contributed by atoms with van der Waals surface area (Å²) in [5.41, 5.74) is 5.76. The van der Waals surface area contributed by atoms with Gasteiger partial charge < -0.3 is 11.1 Å². The first-order valence-corrected chi connectivity index (χ1v) is 4.84. The third kappa shape index (κ3) is 2.13. The maximum atomic E-state index is 11.4. The number of nitrogen functional groups attached to an aromatic ring is 1. The number of carbonyl (C=O) groups excluding carboxylic acids is 1. The van der Waals surface area contributed by atoms with Crippen molar-refractivity contribution in [2.45, 2.75) is 19.4 Å². The van der Waals surface area contributed by atoms with Gasteiger partial charge in [-0.1, -0.05) is 11.4 Å². The van der Waals surface area contributed by atoms with Crippen molar-refractivity contribution in [2.24, 2.45) is 5.92 Å². The molecule has 0 bridgehead atoms. The number of hydrogen-bond acceptors (Lipinski definition) is 5. The van der Waals surface area contributed by atoms with Crippen LogP contribution in [0.15, 0.2) is 0 Å². The Bertz CT molecular complexity index is 342. The molecule has 5 nitrogen and oxygen atoms in total. The topological polar surface area (TPSA) is 80.9 Å². The molecule has 1 saturated carbocycles. The minimum Gasteiger partial charge on any atom is -0.387 e. The fraction of sp³-hybridized carbons (Fsp3) is 0.571. The number of amides is 1. The lowest BCUT2D eigenvalue weighted by Gasteiger charge is -1.99. The fourth-order valence-electron chi connectivity index (χ4n) is 1.11. The van der Waals surface area contributed by atoms with Gasteiger partial charge in [0.05, 0.1) is 0 Å². The molecule has 3 N–H and O–H groups in total. The van der Waals surface area contributed by atoms with Crippen LogP contribution in [0.4, 0.5) is 5.00 Å². The second-order valence-electron chi connectivity index (χ2n) is 3.28. The van der Waals surface area contributed by atoms with Crippen LogP contribution in [0.2, 0.25) is 0 Å². The first kappa shape index (κ1) is 11.2. The highest BCUT2D eigenvalue weighted by Crippen LogP contribution is 2.29. The van der Waals surface area contributed by atoms with Crippen LogP contribution in [0, 0.1) is 5.92 Å². The Morgan fingerprint density at radius 1 is 1.71 bits per heavy atom. The number of carbonyl (C=O) groups is 1. The quantitative estimate of drug-likeness (QED) is 0.789. The van der Waals surface area contributed by atoms with Gasteiger partial charge in [-0.2, -0.15) is 0 Å². The molecule has 1 aromatic rings. The van der Waals surface area contributed by atoms with Gasteiger partial charge in [-0.15, -0.1) is 17.5 Å². The van der Waals surface area contributed by atoms with Gasteiger partial charge in [0.2, 0.25) is 0 Å². The molecule has 0 aliphatic heterocycles. The van der Waals surface area contributed by atoms with E-state index in [4.69, 9.17) is 5.73 Å². The van der Waals surface area contributed by atoms with Gasteiger partial charge in [0.15, 0.2) is 5.69 Å². The Labute approximate surface area is 91.6 Å². The van der Waals surface area contributed by atoms with E-state index in [1.807, 2.05) is 0 Å². The molecule has 0 saturated heterocycles. The molecule has 14 heavy (non-hydrogen) atoms. The molecule has 2 atom stereocenters. The summed E-state index contributed by atoms with van der Waals surface area (Å²) in [4.78, 5) is 11.4. The van der Waals surface area contributed by atoms with E-state index in [1.54, 1.807) is 0 Å². The van der Waals surface area contributed by atoms with Crippen molar-refractivity contribution in [1.29, 1.82) is 0 Å².